The third kappa shape index (κ3) is 5.28. The molecule has 1 aliphatic heterocycles. The van der Waals surface area contributed by atoms with Crippen molar-refractivity contribution >= 4 is 17.1 Å². The molecule has 58 heavy (non-hydrogen) atoms. The van der Waals surface area contributed by atoms with Gasteiger partial charge in [-0.05, 0) is 161 Å². The zero-order valence-corrected chi connectivity index (χ0v) is 36.3. The van der Waals surface area contributed by atoms with E-state index in [-0.39, 0.29) is 27.1 Å². The van der Waals surface area contributed by atoms with Crippen LogP contribution in [0.5, 0.6) is 11.5 Å². The van der Waals surface area contributed by atoms with Gasteiger partial charge in [-0.2, -0.15) is 0 Å². The summed E-state index contributed by atoms with van der Waals surface area (Å²) in [6.45, 7) is 19.6. The highest BCUT2D eigenvalue weighted by Crippen LogP contribution is 2.70. The molecule has 1 heterocycles. The van der Waals surface area contributed by atoms with Crippen LogP contribution in [0.1, 0.15) is 147 Å². The number of benzene rings is 5. The third-order valence-corrected chi connectivity index (χ3v) is 17.0. The molecule has 0 atom stereocenters. The summed E-state index contributed by atoms with van der Waals surface area (Å²) in [7, 11) is 0. The molecular formula is C56H63NO. The molecule has 5 aromatic carbocycles. The first kappa shape index (κ1) is 36.8. The zero-order chi connectivity index (χ0) is 40.0. The van der Waals surface area contributed by atoms with Crippen molar-refractivity contribution < 1.29 is 4.74 Å². The van der Waals surface area contributed by atoms with Gasteiger partial charge in [0.1, 0.15) is 11.5 Å². The van der Waals surface area contributed by atoms with Crippen molar-refractivity contribution in [3.8, 4) is 22.6 Å². The molecule has 7 aliphatic rings. The quantitative estimate of drug-likeness (QED) is 0.181. The van der Waals surface area contributed by atoms with Crippen LogP contribution in [0, 0.1) is 23.7 Å². The molecule has 0 unspecified atom stereocenters. The van der Waals surface area contributed by atoms with E-state index in [1.165, 1.54) is 119 Å². The van der Waals surface area contributed by atoms with Crippen LogP contribution in [-0.2, 0) is 27.1 Å². The number of para-hydroxylation sites is 1. The van der Waals surface area contributed by atoms with Crippen LogP contribution in [0.2, 0.25) is 0 Å². The van der Waals surface area contributed by atoms with E-state index in [2.05, 4.69) is 163 Å². The van der Waals surface area contributed by atoms with Crippen LogP contribution in [0.4, 0.5) is 17.1 Å². The Bertz CT molecular complexity index is 2350. The summed E-state index contributed by atoms with van der Waals surface area (Å²) in [6, 6.07) is 40.3. The summed E-state index contributed by atoms with van der Waals surface area (Å²) in [5, 5.41) is 0. The predicted molar refractivity (Wildman–Crippen MR) is 241 cm³/mol. The van der Waals surface area contributed by atoms with Crippen molar-refractivity contribution in [2.24, 2.45) is 23.7 Å². The highest BCUT2D eigenvalue weighted by atomic mass is 16.5. The fourth-order valence-electron chi connectivity index (χ4n) is 13.8. The van der Waals surface area contributed by atoms with E-state index < -0.39 is 0 Å². The Labute approximate surface area is 348 Å². The van der Waals surface area contributed by atoms with Gasteiger partial charge in [0.15, 0.2) is 0 Å². The number of hydrogen-bond donors (Lipinski definition) is 0. The number of rotatable bonds is 4. The minimum absolute atomic E-state index is 0.0205. The molecular weight excluding hydrogens is 703 g/mol. The van der Waals surface area contributed by atoms with Gasteiger partial charge in [0.25, 0.3) is 0 Å². The molecule has 2 nitrogen and oxygen atoms in total. The second kappa shape index (κ2) is 12.4. The molecule has 4 saturated carbocycles. The fourth-order valence-corrected chi connectivity index (χ4v) is 13.8. The summed E-state index contributed by atoms with van der Waals surface area (Å²) in [6.07, 6.45) is 11.6. The Morgan fingerprint density at radius 1 is 0.448 bits per heavy atom. The molecule has 298 valence electrons. The lowest BCUT2D eigenvalue weighted by atomic mass is 9.41. The molecule has 0 saturated heterocycles. The number of hydrogen-bond acceptors (Lipinski definition) is 2. The topological polar surface area (TPSA) is 12.5 Å². The second-order valence-electron chi connectivity index (χ2n) is 22.3. The average Bonchev–Trinajstić information content (AvgIpc) is 3.20. The van der Waals surface area contributed by atoms with E-state index in [1.54, 1.807) is 0 Å². The molecule has 5 aromatic rings. The monoisotopic (exact) mass is 765 g/mol. The predicted octanol–water partition coefficient (Wildman–Crippen LogP) is 15.4. The first-order valence-corrected chi connectivity index (χ1v) is 22.8. The van der Waals surface area contributed by atoms with Gasteiger partial charge >= 0.3 is 0 Å². The summed E-state index contributed by atoms with van der Waals surface area (Å²) in [5.41, 5.74) is 15.5. The Kier molecular flexibility index (Phi) is 7.84. The maximum atomic E-state index is 7.43. The van der Waals surface area contributed by atoms with Crippen molar-refractivity contribution in [3.05, 3.63) is 137 Å². The van der Waals surface area contributed by atoms with Gasteiger partial charge in [-0.3, -0.25) is 0 Å². The number of nitrogens with zero attached hydrogens (tertiary/aromatic N) is 1. The molecule has 1 spiro atoms. The van der Waals surface area contributed by atoms with E-state index in [9.17, 15) is 0 Å². The highest BCUT2D eigenvalue weighted by molar-refractivity contribution is 5.82. The largest absolute Gasteiger partial charge is 0.456 e. The molecule has 0 radical (unpaired) electrons. The van der Waals surface area contributed by atoms with Crippen molar-refractivity contribution in [2.45, 2.75) is 140 Å². The molecule has 0 amide bonds. The molecule has 4 bridgehead atoms. The van der Waals surface area contributed by atoms with E-state index >= 15 is 0 Å². The lowest BCUT2D eigenvalue weighted by molar-refractivity contribution is -0.0451. The molecule has 2 heteroatoms. The van der Waals surface area contributed by atoms with Gasteiger partial charge in [0, 0.05) is 45.2 Å². The van der Waals surface area contributed by atoms with E-state index in [0.717, 1.165) is 23.3 Å². The normalized spacial score (nSPS) is 28.5. The van der Waals surface area contributed by atoms with Gasteiger partial charge in [0.2, 0.25) is 0 Å². The molecule has 0 aromatic heterocycles. The van der Waals surface area contributed by atoms with Gasteiger partial charge in [-0.25, -0.2) is 0 Å². The van der Waals surface area contributed by atoms with Gasteiger partial charge < -0.3 is 9.64 Å². The fraction of sp³-hybridized carbons (Fsp3) is 0.464. The molecule has 0 N–H and O–H groups in total. The van der Waals surface area contributed by atoms with Crippen LogP contribution in [0.25, 0.3) is 11.1 Å². The van der Waals surface area contributed by atoms with Crippen molar-refractivity contribution in [1.29, 1.82) is 0 Å². The van der Waals surface area contributed by atoms with Crippen molar-refractivity contribution in [3.63, 3.8) is 0 Å². The standard InChI is InChI=1S/C56H63NO/c1-52(2)23-25-54(5,6)48-32-40(17-20-44(48)52)57(41-18-21-45-49(33-41)55(7,8)26-24-53(45,3)4)42-19-22-46-50(34-42)58-51-43(37-13-10-9-11-14-37)15-12-16-47(51)56(46)38-28-35-27-36(30-38)31-39(56)29-35/h9-22,32-36,38-39H,23-31H2,1-8H3. The van der Waals surface area contributed by atoms with Crippen molar-refractivity contribution in [1.82, 2.24) is 0 Å². The number of ether oxygens (including phenoxy) is 1. The maximum Gasteiger partial charge on any atom is 0.139 e. The summed E-state index contributed by atoms with van der Waals surface area (Å²) < 4.78 is 7.43. The zero-order valence-electron chi connectivity index (χ0n) is 36.3. The Balaban J connectivity index is 1.13. The van der Waals surface area contributed by atoms with Gasteiger partial charge in [0.05, 0.1) is 0 Å². The molecule has 12 rings (SSSR count). The SMILES string of the molecule is CC1(C)CCC(C)(C)c2cc(N(c3ccc4c(c3)Oc3c(-c5ccccc5)cccc3C43C4CC5CC(C4)CC3C5)c3ccc4c(c3)C(C)(C)CCC4(C)C)ccc21. The Morgan fingerprint density at radius 2 is 0.931 bits per heavy atom. The van der Waals surface area contributed by atoms with Crippen LogP contribution in [0.15, 0.2) is 103 Å². The average molecular weight is 766 g/mol. The summed E-state index contributed by atoms with van der Waals surface area (Å²) in [5.74, 6) is 5.21. The smallest absolute Gasteiger partial charge is 0.139 e. The molecule has 4 fully saturated rings. The van der Waals surface area contributed by atoms with Gasteiger partial charge in [-0.15, -0.1) is 0 Å². The van der Waals surface area contributed by atoms with Gasteiger partial charge in [-0.1, -0.05) is 122 Å². The minimum atomic E-state index is -0.0205. The first-order chi connectivity index (χ1) is 27.7. The second-order valence-corrected chi connectivity index (χ2v) is 22.3. The first-order valence-electron chi connectivity index (χ1n) is 22.8. The molecule has 6 aliphatic carbocycles. The lowest BCUT2D eigenvalue weighted by Crippen LogP contribution is -2.57. The van der Waals surface area contributed by atoms with E-state index in [4.69, 9.17) is 4.74 Å². The van der Waals surface area contributed by atoms with Crippen LogP contribution >= 0.6 is 0 Å². The highest BCUT2D eigenvalue weighted by Gasteiger charge is 2.61. The summed E-state index contributed by atoms with van der Waals surface area (Å²) >= 11 is 0. The minimum Gasteiger partial charge on any atom is -0.456 e. The Morgan fingerprint density at radius 3 is 1.47 bits per heavy atom. The van der Waals surface area contributed by atoms with Crippen LogP contribution in [0.3, 0.4) is 0 Å². The van der Waals surface area contributed by atoms with Crippen molar-refractivity contribution in [2.75, 3.05) is 4.90 Å². The lowest BCUT2D eigenvalue weighted by Gasteiger charge is -2.63. The number of fused-ring (bicyclic) bond motifs is 4. The van der Waals surface area contributed by atoms with E-state index in [1.807, 2.05) is 0 Å². The Hall–Kier alpha value is -4.30. The summed E-state index contributed by atoms with van der Waals surface area (Å²) in [4.78, 5) is 2.57. The van der Waals surface area contributed by atoms with Crippen LogP contribution in [-0.4, -0.2) is 0 Å². The van der Waals surface area contributed by atoms with E-state index in [0.29, 0.717) is 11.8 Å². The van der Waals surface area contributed by atoms with Crippen LogP contribution < -0.4 is 9.64 Å². The number of anilines is 3. The maximum absolute atomic E-state index is 7.43. The third-order valence-electron chi connectivity index (χ3n) is 17.0.